The van der Waals surface area contributed by atoms with Crippen molar-refractivity contribution >= 4 is 19.2 Å². The van der Waals surface area contributed by atoms with Crippen molar-refractivity contribution < 1.29 is 10.2 Å². The van der Waals surface area contributed by atoms with Gasteiger partial charge in [-0.05, 0) is 54.8 Å². The van der Waals surface area contributed by atoms with Crippen LogP contribution >= 0.6 is 8.58 Å². The van der Waals surface area contributed by atoms with E-state index in [9.17, 15) is 10.2 Å². The summed E-state index contributed by atoms with van der Waals surface area (Å²) in [7, 11) is 0.353. The van der Waals surface area contributed by atoms with Gasteiger partial charge in [0.25, 0.3) is 0 Å². The predicted molar refractivity (Wildman–Crippen MR) is 127 cm³/mol. The molecular weight excluding hydrogens is 389 g/mol. The molecule has 1 aliphatic rings. The molecular formula is C26H30NO2P. The van der Waals surface area contributed by atoms with Crippen molar-refractivity contribution in [2.24, 2.45) is 0 Å². The van der Waals surface area contributed by atoms with Crippen LogP contribution in [0.4, 0.5) is 0 Å². The molecule has 0 aliphatic carbocycles. The third kappa shape index (κ3) is 4.75. The van der Waals surface area contributed by atoms with E-state index < -0.39 is 6.10 Å². The lowest BCUT2D eigenvalue weighted by Gasteiger charge is -2.27. The summed E-state index contributed by atoms with van der Waals surface area (Å²) in [6.07, 6.45) is 3.07. The Bertz CT molecular complexity index is 984. The average molecular weight is 420 g/mol. The monoisotopic (exact) mass is 419 g/mol. The van der Waals surface area contributed by atoms with Gasteiger partial charge < -0.3 is 10.2 Å². The zero-order valence-electron chi connectivity index (χ0n) is 17.5. The standard InChI is InChI=1S/C26H30NO2P/c1-19-10-8-13-21(18-27-16-6-3-7-17-27)26(19)30-23-15-9-14-22(25(23)29)24(28)20-11-4-2-5-12-20/h2,4-5,8-15,24,28-30H,3,6-7,16-18H2,1H3. The van der Waals surface area contributed by atoms with Crippen LogP contribution in [0.25, 0.3) is 0 Å². The lowest BCUT2D eigenvalue weighted by molar-refractivity contribution is 0.216. The van der Waals surface area contributed by atoms with E-state index in [4.69, 9.17) is 0 Å². The summed E-state index contributed by atoms with van der Waals surface area (Å²) in [6.45, 7) is 5.46. The van der Waals surface area contributed by atoms with Gasteiger partial charge in [-0.2, -0.15) is 0 Å². The molecule has 0 aromatic heterocycles. The Morgan fingerprint density at radius 3 is 2.40 bits per heavy atom. The minimum Gasteiger partial charge on any atom is -0.507 e. The summed E-state index contributed by atoms with van der Waals surface area (Å²) >= 11 is 0. The first kappa shape index (κ1) is 21.1. The second-order valence-corrected chi connectivity index (χ2v) is 9.42. The Morgan fingerprint density at radius 1 is 0.900 bits per heavy atom. The van der Waals surface area contributed by atoms with Crippen LogP contribution in [0.2, 0.25) is 0 Å². The van der Waals surface area contributed by atoms with E-state index in [0.717, 1.165) is 17.4 Å². The second kappa shape index (κ2) is 9.75. The number of phenols is 1. The predicted octanol–water partition coefficient (Wildman–Crippen LogP) is 4.40. The summed E-state index contributed by atoms with van der Waals surface area (Å²) in [5.41, 5.74) is 3.97. The molecule has 2 unspecified atom stereocenters. The van der Waals surface area contributed by atoms with Crippen LogP contribution in [-0.2, 0) is 6.54 Å². The molecule has 3 aromatic rings. The zero-order valence-corrected chi connectivity index (χ0v) is 18.5. The van der Waals surface area contributed by atoms with Crippen molar-refractivity contribution in [2.75, 3.05) is 13.1 Å². The van der Waals surface area contributed by atoms with Crippen LogP contribution in [-0.4, -0.2) is 28.2 Å². The van der Waals surface area contributed by atoms with Gasteiger partial charge in [0.1, 0.15) is 11.9 Å². The van der Waals surface area contributed by atoms with Gasteiger partial charge in [-0.1, -0.05) is 81.7 Å². The van der Waals surface area contributed by atoms with Crippen LogP contribution in [0.1, 0.15) is 47.6 Å². The molecule has 3 nitrogen and oxygen atoms in total. The van der Waals surface area contributed by atoms with Crippen molar-refractivity contribution in [3.63, 3.8) is 0 Å². The topological polar surface area (TPSA) is 43.7 Å². The average Bonchev–Trinajstić information content (AvgIpc) is 2.78. The van der Waals surface area contributed by atoms with Gasteiger partial charge in [-0.25, -0.2) is 0 Å². The Morgan fingerprint density at radius 2 is 1.63 bits per heavy atom. The number of nitrogens with zero attached hydrogens (tertiary/aromatic N) is 1. The quantitative estimate of drug-likeness (QED) is 0.582. The third-order valence-electron chi connectivity index (χ3n) is 5.94. The lowest BCUT2D eigenvalue weighted by atomic mass is 10.0. The van der Waals surface area contributed by atoms with E-state index in [1.54, 1.807) is 0 Å². The molecule has 30 heavy (non-hydrogen) atoms. The largest absolute Gasteiger partial charge is 0.507 e. The van der Waals surface area contributed by atoms with Gasteiger partial charge in [-0.15, -0.1) is 0 Å². The van der Waals surface area contributed by atoms with E-state index in [2.05, 4.69) is 30.0 Å². The highest BCUT2D eigenvalue weighted by Gasteiger charge is 2.19. The van der Waals surface area contributed by atoms with Crippen LogP contribution in [0.5, 0.6) is 5.75 Å². The number of hydrogen-bond donors (Lipinski definition) is 2. The fraction of sp³-hybridized carbons (Fsp3) is 0.308. The Balaban J connectivity index is 1.62. The molecule has 3 aromatic carbocycles. The van der Waals surface area contributed by atoms with Gasteiger partial charge in [0.2, 0.25) is 0 Å². The molecule has 0 spiro atoms. The molecule has 2 atom stereocenters. The number of piperidine rings is 1. The van der Waals surface area contributed by atoms with Crippen molar-refractivity contribution in [2.45, 2.75) is 38.8 Å². The molecule has 1 heterocycles. The normalized spacial score (nSPS) is 16.2. The van der Waals surface area contributed by atoms with Crippen LogP contribution in [0.15, 0.2) is 66.7 Å². The summed E-state index contributed by atoms with van der Waals surface area (Å²) in [6, 6.07) is 21.8. The molecule has 4 heteroatoms. The van der Waals surface area contributed by atoms with Gasteiger partial charge in [0.05, 0.1) is 0 Å². The van der Waals surface area contributed by atoms with E-state index >= 15 is 0 Å². The maximum absolute atomic E-state index is 11.0. The number of aryl methyl sites for hydroxylation is 1. The summed E-state index contributed by atoms with van der Waals surface area (Å²) in [4.78, 5) is 2.54. The molecule has 1 fully saturated rings. The fourth-order valence-electron chi connectivity index (χ4n) is 4.23. The smallest absolute Gasteiger partial charge is 0.129 e. The number of likely N-dealkylation sites (tertiary alicyclic amines) is 1. The van der Waals surface area contributed by atoms with Crippen LogP contribution in [0.3, 0.4) is 0 Å². The van der Waals surface area contributed by atoms with Crippen molar-refractivity contribution in [3.05, 3.63) is 89.0 Å². The first-order valence-electron chi connectivity index (χ1n) is 10.8. The van der Waals surface area contributed by atoms with E-state index in [1.165, 1.54) is 48.8 Å². The number of aromatic hydroxyl groups is 1. The van der Waals surface area contributed by atoms with Crippen molar-refractivity contribution in [1.82, 2.24) is 4.90 Å². The highest BCUT2D eigenvalue weighted by molar-refractivity contribution is 7.56. The van der Waals surface area contributed by atoms with Gasteiger partial charge in [0.15, 0.2) is 0 Å². The number of para-hydroxylation sites is 1. The maximum Gasteiger partial charge on any atom is 0.129 e. The van der Waals surface area contributed by atoms with Gasteiger partial charge in [0, 0.05) is 17.4 Å². The molecule has 0 radical (unpaired) electrons. The highest BCUT2D eigenvalue weighted by atomic mass is 31.1. The number of aliphatic hydroxyl groups is 1. The first-order valence-corrected chi connectivity index (χ1v) is 11.8. The maximum atomic E-state index is 11.0. The van der Waals surface area contributed by atoms with E-state index in [-0.39, 0.29) is 5.75 Å². The minimum atomic E-state index is -0.833. The highest BCUT2D eigenvalue weighted by Crippen LogP contribution is 2.32. The van der Waals surface area contributed by atoms with Gasteiger partial charge >= 0.3 is 0 Å². The summed E-state index contributed by atoms with van der Waals surface area (Å²) in [5, 5.41) is 24.0. The number of aliphatic hydroxyl groups excluding tert-OH is 1. The SMILES string of the molecule is Cc1cccc(CN2CCCCC2)c1Pc1cccc(C(O)c2ccccc2)c1O. The number of rotatable bonds is 6. The van der Waals surface area contributed by atoms with Gasteiger partial charge in [-0.3, -0.25) is 4.90 Å². The molecule has 0 amide bonds. The van der Waals surface area contributed by atoms with Crippen molar-refractivity contribution in [3.8, 4) is 5.75 Å². The lowest BCUT2D eigenvalue weighted by Crippen LogP contribution is -2.31. The number of phenolic OH excluding ortho intramolecular Hbond substituents is 1. The number of hydrogen-bond acceptors (Lipinski definition) is 3. The molecule has 156 valence electrons. The van der Waals surface area contributed by atoms with Crippen molar-refractivity contribution in [1.29, 1.82) is 0 Å². The zero-order chi connectivity index (χ0) is 20.9. The Labute approximate surface area is 181 Å². The number of benzene rings is 3. The molecule has 1 saturated heterocycles. The molecule has 0 saturated carbocycles. The molecule has 4 rings (SSSR count). The van der Waals surface area contributed by atoms with E-state index in [1.807, 2.05) is 48.5 Å². The fourth-order valence-corrected chi connectivity index (χ4v) is 5.55. The molecule has 2 N–H and O–H groups in total. The second-order valence-electron chi connectivity index (χ2n) is 8.13. The van der Waals surface area contributed by atoms with Crippen LogP contribution in [0, 0.1) is 6.92 Å². The summed E-state index contributed by atoms with van der Waals surface area (Å²) in [5.74, 6) is 0.208. The Hall–Kier alpha value is -2.19. The minimum absolute atomic E-state index is 0.208. The summed E-state index contributed by atoms with van der Waals surface area (Å²) < 4.78 is 0. The third-order valence-corrected chi connectivity index (χ3v) is 7.58. The van der Waals surface area contributed by atoms with Crippen LogP contribution < -0.4 is 10.6 Å². The van der Waals surface area contributed by atoms with E-state index in [0.29, 0.717) is 14.1 Å². The molecule has 1 aliphatic heterocycles. The molecule has 0 bridgehead atoms. The first-order chi connectivity index (χ1) is 14.6. The Kier molecular flexibility index (Phi) is 6.84.